The lowest BCUT2D eigenvalue weighted by molar-refractivity contribution is -0.742. The molecule has 0 saturated heterocycles. The van der Waals surface area contributed by atoms with Crippen molar-refractivity contribution in [1.29, 1.82) is 0 Å². The number of methoxy groups -OCH3 is 2. The van der Waals surface area contributed by atoms with E-state index in [4.69, 9.17) is 24.8 Å². The third-order valence-electron chi connectivity index (χ3n) is 3.90. The van der Waals surface area contributed by atoms with Crippen molar-refractivity contribution >= 4 is 21.8 Å². The van der Waals surface area contributed by atoms with Crippen LogP contribution in [-0.4, -0.2) is 43.7 Å². The fraction of sp³-hybridized carbons (Fsp3) is 0.294. The average Bonchev–Trinajstić information content (AvgIpc) is 3.07. The molecule has 2 heterocycles. The van der Waals surface area contributed by atoms with E-state index < -0.39 is 15.9 Å². The molecular weight excluding hydrogens is 388 g/mol. The van der Waals surface area contributed by atoms with E-state index in [2.05, 4.69) is 15.0 Å². The Balaban J connectivity index is 0.000000640. The summed E-state index contributed by atoms with van der Waals surface area (Å²) in [5.41, 5.74) is 4.16. The minimum absolute atomic E-state index is 0.277. The van der Waals surface area contributed by atoms with Gasteiger partial charge < -0.3 is 19.7 Å². The molecule has 0 amide bonds. The molecule has 0 aliphatic rings. The molecule has 10 nitrogen and oxygen atoms in total. The van der Waals surface area contributed by atoms with Gasteiger partial charge in [0.2, 0.25) is 0 Å². The second kappa shape index (κ2) is 9.13. The molecule has 0 aliphatic carbocycles. The Morgan fingerprint density at radius 1 is 1.29 bits per heavy atom. The van der Waals surface area contributed by atoms with Crippen LogP contribution in [0.25, 0.3) is 11.0 Å². The highest BCUT2D eigenvalue weighted by molar-refractivity contribution is 7.84. The minimum Gasteiger partial charge on any atom is -0.497 e. The van der Waals surface area contributed by atoms with Gasteiger partial charge in [-0.15, -0.1) is 10.1 Å². The highest BCUT2D eigenvalue weighted by atomic mass is 32.2. The Labute approximate surface area is 163 Å². The van der Waals surface area contributed by atoms with Gasteiger partial charge >= 0.3 is 0 Å². The summed E-state index contributed by atoms with van der Waals surface area (Å²) < 4.78 is 23.3. The second-order valence-corrected chi connectivity index (χ2v) is 7.07. The Morgan fingerprint density at radius 3 is 2.57 bits per heavy atom. The number of pyridine rings is 1. The number of nitrogens with one attached hydrogen (secondary N) is 1. The Kier molecular flexibility index (Phi) is 6.88. The van der Waals surface area contributed by atoms with Crippen molar-refractivity contribution in [3.8, 4) is 11.5 Å². The van der Waals surface area contributed by atoms with Crippen LogP contribution in [0.4, 0.5) is 0 Å². The molecule has 1 unspecified atom stereocenters. The monoisotopic (exact) mass is 408 g/mol. The van der Waals surface area contributed by atoms with Gasteiger partial charge in [-0.3, -0.25) is 9.19 Å². The van der Waals surface area contributed by atoms with Crippen LogP contribution in [-0.2, 0) is 16.6 Å². The van der Waals surface area contributed by atoms with Gasteiger partial charge in [0, 0.05) is 23.4 Å². The van der Waals surface area contributed by atoms with E-state index in [1.165, 1.54) is 0 Å². The molecule has 3 rings (SSSR count). The molecule has 150 valence electrons. The molecule has 0 radical (unpaired) electrons. The van der Waals surface area contributed by atoms with E-state index >= 15 is 0 Å². The smallest absolute Gasteiger partial charge is 0.291 e. The SMILES string of the molecule is COc1ccc2nc(S(=O)Cc3ncc(C)c(OC)c3C)[nH]c2c1.O=[N+]([O-])O. The highest BCUT2D eigenvalue weighted by Crippen LogP contribution is 2.26. The molecule has 28 heavy (non-hydrogen) atoms. The number of hydrogen-bond donors (Lipinski definition) is 2. The first-order valence-electron chi connectivity index (χ1n) is 8.01. The standard InChI is InChI=1S/C17H19N3O3S.HNO3/c1-10-8-18-15(11(2)16(10)23-4)9-24(21)17-19-13-6-5-12(22-3)7-14(13)20-17;2-1(3)4/h5-8H,9H2,1-4H3,(H,19,20);(H,2,3,4). The van der Waals surface area contributed by atoms with Crippen molar-refractivity contribution < 1.29 is 24.0 Å². The number of aromatic nitrogens is 3. The van der Waals surface area contributed by atoms with Crippen molar-refractivity contribution in [2.24, 2.45) is 0 Å². The van der Waals surface area contributed by atoms with E-state index in [0.717, 1.165) is 39.4 Å². The molecule has 0 spiro atoms. The predicted molar refractivity (Wildman–Crippen MR) is 102 cm³/mol. The number of aromatic amines is 1. The maximum atomic E-state index is 12.7. The fourth-order valence-electron chi connectivity index (χ4n) is 2.61. The van der Waals surface area contributed by atoms with Gasteiger partial charge in [-0.25, -0.2) is 4.98 Å². The molecule has 2 N–H and O–H groups in total. The lowest BCUT2D eigenvalue weighted by Crippen LogP contribution is -2.05. The number of imidazole rings is 1. The van der Waals surface area contributed by atoms with Gasteiger partial charge in [0.15, 0.2) is 5.16 Å². The number of hydrogen-bond acceptors (Lipinski definition) is 7. The fourth-order valence-corrected chi connectivity index (χ4v) is 3.71. The quantitative estimate of drug-likeness (QED) is 0.485. The van der Waals surface area contributed by atoms with Crippen LogP contribution in [0, 0.1) is 24.0 Å². The first-order valence-corrected chi connectivity index (χ1v) is 9.33. The number of fused-ring (bicyclic) bond motifs is 1. The third-order valence-corrected chi connectivity index (χ3v) is 5.06. The van der Waals surface area contributed by atoms with Gasteiger partial charge in [-0.1, -0.05) is 0 Å². The summed E-state index contributed by atoms with van der Waals surface area (Å²) in [6.45, 7) is 3.86. The second-order valence-electron chi connectivity index (χ2n) is 5.70. The van der Waals surface area contributed by atoms with Gasteiger partial charge in [0.25, 0.3) is 5.09 Å². The molecule has 1 atom stereocenters. The Bertz CT molecular complexity index is 1020. The maximum Gasteiger partial charge on any atom is 0.291 e. The normalized spacial score (nSPS) is 11.4. The third kappa shape index (κ3) is 4.94. The molecule has 11 heteroatoms. The lowest BCUT2D eigenvalue weighted by Gasteiger charge is -2.11. The van der Waals surface area contributed by atoms with E-state index in [9.17, 15) is 4.21 Å². The topological polar surface area (TPSA) is 140 Å². The zero-order valence-corrected chi connectivity index (χ0v) is 16.6. The van der Waals surface area contributed by atoms with Crippen molar-refractivity contribution in [3.63, 3.8) is 0 Å². The Hall–Kier alpha value is -3.21. The number of rotatable bonds is 5. The Morgan fingerprint density at radius 2 is 1.96 bits per heavy atom. The first-order chi connectivity index (χ1) is 13.3. The molecule has 1 aromatic carbocycles. The van der Waals surface area contributed by atoms with Gasteiger partial charge in [-0.2, -0.15) is 0 Å². The van der Waals surface area contributed by atoms with E-state index in [1.54, 1.807) is 20.4 Å². The maximum absolute atomic E-state index is 12.7. The molecule has 0 saturated carbocycles. The van der Waals surface area contributed by atoms with Crippen LogP contribution in [0.15, 0.2) is 29.6 Å². The largest absolute Gasteiger partial charge is 0.497 e. The number of aryl methyl sites for hydroxylation is 1. The molecule has 0 fully saturated rings. The van der Waals surface area contributed by atoms with Crippen molar-refractivity contribution in [3.05, 3.63) is 51.3 Å². The first kappa shape index (κ1) is 21.1. The molecule has 3 aromatic rings. The zero-order valence-electron chi connectivity index (χ0n) is 15.8. The van der Waals surface area contributed by atoms with Gasteiger partial charge in [0.1, 0.15) is 11.5 Å². The summed E-state index contributed by atoms with van der Waals surface area (Å²) in [7, 11) is 1.91. The number of ether oxygens (including phenoxy) is 2. The highest BCUT2D eigenvalue weighted by Gasteiger charge is 2.16. The van der Waals surface area contributed by atoms with Crippen LogP contribution in [0.2, 0.25) is 0 Å². The van der Waals surface area contributed by atoms with Crippen molar-refractivity contribution in [1.82, 2.24) is 15.0 Å². The predicted octanol–water partition coefficient (Wildman–Crippen LogP) is 2.55. The molecule has 0 bridgehead atoms. The van der Waals surface area contributed by atoms with Gasteiger partial charge in [0.05, 0.1) is 47.5 Å². The number of benzene rings is 1. The molecule has 2 aromatic heterocycles. The lowest BCUT2D eigenvalue weighted by atomic mass is 10.1. The summed E-state index contributed by atoms with van der Waals surface area (Å²) in [6.07, 6.45) is 1.74. The minimum atomic E-state index is -1.50. The number of nitrogens with zero attached hydrogens (tertiary/aromatic N) is 3. The summed E-state index contributed by atoms with van der Waals surface area (Å²) in [6, 6.07) is 5.50. The average molecular weight is 408 g/mol. The molecule has 0 aliphatic heterocycles. The zero-order chi connectivity index (χ0) is 20.8. The van der Waals surface area contributed by atoms with Crippen LogP contribution >= 0.6 is 0 Å². The summed E-state index contributed by atoms with van der Waals surface area (Å²) in [4.78, 5) is 20.3. The molecular formula is C17H20N4O6S. The number of H-pyrrole nitrogens is 1. The summed E-state index contributed by atoms with van der Waals surface area (Å²) >= 11 is 0. The van der Waals surface area contributed by atoms with Gasteiger partial charge in [-0.05, 0) is 26.0 Å². The summed E-state index contributed by atoms with van der Waals surface area (Å²) in [5.74, 6) is 1.79. The van der Waals surface area contributed by atoms with Crippen molar-refractivity contribution in [2.75, 3.05) is 14.2 Å². The van der Waals surface area contributed by atoms with E-state index in [1.807, 2.05) is 32.0 Å². The van der Waals surface area contributed by atoms with Crippen LogP contribution in [0.3, 0.4) is 0 Å². The van der Waals surface area contributed by atoms with Crippen LogP contribution < -0.4 is 9.47 Å². The van der Waals surface area contributed by atoms with E-state index in [0.29, 0.717) is 5.16 Å². The van der Waals surface area contributed by atoms with Crippen LogP contribution in [0.1, 0.15) is 16.8 Å². The summed E-state index contributed by atoms with van der Waals surface area (Å²) in [5, 5.41) is 14.1. The van der Waals surface area contributed by atoms with E-state index in [-0.39, 0.29) is 5.75 Å². The van der Waals surface area contributed by atoms with Crippen molar-refractivity contribution in [2.45, 2.75) is 24.8 Å². The van der Waals surface area contributed by atoms with Crippen LogP contribution in [0.5, 0.6) is 11.5 Å².